The van der Waals surface area contributed by atoms with Gasteiger partial charge in [0.15, 0.2) is 0 Å². The van der Waals surface area contributed by atoms with Gasteiger partial charge >= 0.3 is 5.69 Å². The summed E-state index contributed by atoms with van der Waals surface area (Å²) in [6, 6.07) is 10.9. The first-order chi connectivity index (χ1) is 11.6. The van der Waals surface area contributed by atoms with Crippen molar-refractivity contribution in [2.24, 2.45) is 0 Å². The maximum atomic E-state index is 11.3. The summed E-state index contributed by atoms with van der Waals surface area (Å²) < 4.78 is 10.3. The molecule has 1 aliphatic heterocycles. The second-order valence-corrected chi connectivity index (χ2v) is 5.66. The molecule has 24 heavy (non-hydrogen) atoms. The van der Waals surface area contributed by atoms with Gasteiger partial charge in [0.2, 0.25) is 11.7 Å². The highest BCUT2D eigenvalue weighted by Crippen LogP contribution is 2.35. The zero-order chi connectivity index (χ0) is 17.1. The van der Waals surface area contributed by atoms with Gasteiger partial charge in [0.05, 0.1) is 19.1 Å². The van der Waals surface area contributed by atoms with Gasteiger partial charge in [-0.05, 0) is 24.1 Å². The molecule has 7 nitrogen and oxygen atoms in total. The summed E-state index contributed by atoms with van der Waals surface area (Å²) in [5.74, 6) is 1.88. The molecule has 1 aromatic heterocycles. The van der Waals surface area contributed by atoms with Gasteiger partial charge < -0.3 is 14.4 Å². The lowest BCUT2D eigenvalue weighted by molar-refractivity contribution is -0.384. The summed E-state index contributed by atoms with van der Waals surface area (Å²) in [5.41, 5.74) is 1.20. The highest BCUT2D eigenvalue weighted by molar-refractivity contribution is 5.60. The Bertz CT molecular complexity index is 733. The van der Waals surface area contributed by atoms with Gasteiger partial charge in [-0.25, -0.2) is 0 Å². The second kappa shape index (κ2) is 6.74. The van der Waals surface area contributed by atoms with Gasteiger partial charge in [-0.15, -0.1) is 0 Å². The molecule has 0 radical (unpaired) electrons. The molecule has 126 valence electrons. The van der Waals surface area contributed by atoms with Crippen LogP contribution in [0.5, 0.6) is 11.6 Å². The van der Waals surface area contributed by atoms with E-state index in [1.807, 2.05) is 29.2 Å². The summed E-state index contributed by atoms with van der Waals surface area (Å²) >= 11 is 0. The van der Waals surface area contributed by atoms with Crippen molar-refractivity contribution in [3.63, 3.8) is 0 Å². The molecule has 1 aromatic carbocycles. The molecule has 1 fully saturated rings. The van der Waals surface area contributed by atoms with E-state index in [4.69, 9.17) is 9.47 Å². The highest BCUT2D eigenvalue weighted by Gasteiger charge is 2.30. The van der Waals surface area contributed by atoms with E-state index in [9.17, 15) is 10.1 Å². The van der Waals surface area contributed by atoms with Crippen molar-refractivity contribution < 1.29 is 14.4 Å². The van der Waals surface area contributed by atoms with Crippen LogP contribution in [0.3, 0.4) is 0 Å². The SMILES string of the molecule is COc1ccc([C@@H]2CCN(c3nc(OC)ccc3[N+](=O)[O-])C2)cc1. The van der Waals surface area contributed by atoms with Crippen LogP contribution in [-0.2, 0) is 0 Å². The smallest absolute Gasteiger partial charge is 0.311 e. The summed E-state index contributed by atoms with van der Waals surface area (Å²) in [6.45, 7) is 1.41. The Morgan fingerprint density at radius 2 is 1.92 bits per heavy atom. The van der Waals surface area contributed by atoms with E-state index in [0.717, 1.165) is 18.7 Å². The number of anilines is 1. The number of hydrogen-bond donors (Lipinski definition) is 0. The molecule has 0 unspecified atom stereocenters. The molecule has 0 bridgehead atoms. The Labute approximate surface area is 140 Å². The van der Waals surface area contributed by atoms with Crippen LogP contribution < -0.4 is 14.4 Å². The normalized spacial score (nSPS) is 16.9. The van der Waals surface area contributed by atoms with Crippen LogP contribution in [-0.4, -0.2) is 37.2 Å². The fraction of sp³-hybridized carbons (Fsp3) is 0.353. The van der Waals surface area contributed by atoms with Gasteiger partial charge in [-0.1, -0.05) is 12.1 Å². The maximum absolute atomic E-state index is 11.3. The number of pyridine rings is 1. The van der Waals surface area contributed by atoms with Crippen molar-refractivity contribution in [2.45, 2.75) is 12.3 Å². The van der Waals surface area contributed by atoms with E-state index in [0.29, 0.717) is 24.2 Å². The van der Waals surface area contributed by atoms with E-state index in [1.165, 1.54) is 24.8 Å². The summed E-state index contributed by atoms with van der Waals surface area (Å²) in [4.78, 5) is 17.1. The standard InChI is InChI=1S/C17H19N3O4/c1-23-14-5-3-12(4-6-14)13-9-10-19(11-13)17-15(20(21)22)7-8-16(18-17)24-2/h3-8,13H,9-11H2,1-2H3/t13-/m1/s1. The minimum absolute atomic E-state index is 0.00572. The van der Waals surface area contributed by atoms with Gasteiger partial charge in [-0.3, -0.25) is 10.1 Å². The number of benzene rings is 1. The molecular formula is C17H19N3O4. The van der Waals surface area contributed by atoms with Crippen LogP contribution in [0.25, 0.3) is 0 Å². The molecule has 2 aromatic rings. The van der Waals surface area contributed by atoms with Gasteiger partial charge in [0.25, 0.3) is 0 Å². The monoisotopic (exact) mass is 329 g/mol. The van der Waals surface area contributed by atoms with E-state index >= 15 is 0 Å². The van der Waals surface area contributed by atoms with Crippen LogP contribution >= 0.6 is 0 Å². The van der Waals surface area contributed by atoms with E-state index in [2.05, 4.69) is 4.98 Å². The zero-order valence-electron chi connectivity index (χ0n) is 13.6. The van der Waals surface area contributed by atoms with Crippen molar-refractivity contribution in [3.8, 4) is 11.6 Å². The average molecular weight is 329 g/mol. The first-order valence-electron chi connectivity index (χ1n) is 7.70. The molecule has 7 heteroatoms. The number of hydrogen-bond acceptors (Lipinski definition) is 6. The lowest BCUT2D eigenvalue weighted by Crippen LogP contribution is -2.21. The van der Waals surface area contributed by atoms with Crippen LogP contribution in [0.15, 0.2) is 36.4 Å². The molecule has 0 amide bonds. The summed E-state index contributed by atoms with van der Waals surface area (Å²) in [6.07, 6.45) is 0.919. The van der Waals surface area contributed by atoms with E-state index < -0.39 is 4.92 Å². The summed E-state index contributed by atoms with van der Waals surface area (Å²) in [7, 11) is 3.14. The quantitative estimate of drug-likeness (QED) is 0.620. The van der Waals surface area contributed by atoms with E-state index in [1.54, 1.807) is 7.11 Å². The van der Waals surface area contributed by atoms with Crippen molar-refractivity contribution in [2.75, 3.05) is 32.2 Å². The van der Waals surface area contributed by atoms with Crippen molar-refractivity contribution >= 4 is 11.5 Å². The van der Waals surface area contributed by atoms with Crippen molar-refractivity contribution in [1.29, 1.82) is 0 Å². The van der Waals surface area contributed by atoms with Crippen LogP contribution in [0.2, 0.25) is 0 Å². The number of ether oxygens (including phenoxy) is 2. The Kier molecular flexibility index (Phi) is 4.50. The first-order valence-corrected chi connectivity index (χ1v) is 7.70. The fourth-order valence-electron chi connectivity index (χ4n) is 3.01. The first kappa shape index (κ1) is 16.0. The second-order valence-electron chi connectivity index (χ2n) is 5.66. The predicted molar refractivity (Wildman–Crippen MR) is 90.0 cm³/mol. The van der Waals surface area contributed by atoms with E-state index in [-0.39, 0.29) is 5.69 Å². The van der Waals surface area contributed by atoms with Crippen LogP contribution in [0, 0.1) is 10.1 Å². The average Bonchev–Trinajstić information content (AvgIpc) is 3.11. The molecule has 1 aliphatic rings. The lowest BCUT2D eigenvalue weighted by Gasteiger charge is -2.18. The molecule has 0 aliphatic carbocycles. The fourth-order valence-corrected chi connectivity index (χ4v) is 3.01. The maximum Gasteiger partial charge on any atom is 0.311 e. The van der Waals surface area contributed by atoms with Crippen LogP contribution in [0.1, 0.15) is 17.9 Å². The molecule has 0 spiro atoms. The number of nitro groups is 1. The molecular weight excluding hydrogens is 310 g/mol. The number of aromatic nitrogens is 1. The highest BCUT2D eigenvalue weighted by atomic mass is 16.6. The molecule has 0 N–H and O–H groups in total. The third-order valence-electron chi connectivity index (χ3n) is 4.31. The largest absolute Gasteiger partial charge is 0.497 e. The van der Waals surface area contributed by atoms with Crippen molar-refractivity contribution in [1.82, 2.24) is 4.98 Å². The molecule has 2 heterocycles. The minimum atomic E-state index is -0.400. The van der Waals surface area contributed by atoms with Gasteiger partial charge in [-0.2, -0.15) is 4.98 Å². The summed E-state index contributed by atoms with van der Waals surface area (Å²) in [5, 5.41) is 11.3. The molecule has 1 atom stereocenters. The Morgan fingerprint density at radius 1 is 1.17 bits per heavy atom. The Balaban J connectivity index is 1.83. The minimum Gasteiger partial charge on any atom is -0.497 e. The predicted octanol–water partition coefficient (Wildman–Crippen LogP) is 3.00. The lowest BCUT2D eigenvalue weighted by atomic mass is 9.98. The van der Waals surface area contributed by atoms with Crippen LogP contribution in [0.4, 0.5) is 11.5 Å². The number of methoxy groups -OCH3 is 2. The third kappa shape index (κ3) is 3.10. The number of nitrogens with zero attached hydrogens (tertiary/aromatic N) is 3. The molecule has 1 saturated heterocycles. The van der Waals surface area contributed by atoms with Crippen molar-refractivity contribution in [3.05, 3.63) is 52.1 Å². The third-order valence-corrected chi connectivity index (χ3v) is 4.31. The molecule has 3 rings (SSSR count). The number of rotatable bonds is 5. The topological polar surface area (TPSA) is 77.7 Å². The molecule has 0 saturated carbocycles. The Morgan fingerprint density at radius 3 is 2.54 bits per heavy atom. The Hall–Kier alpha value is -2.83. The van der Waals surface area contributed by atoms with Gasteiger partial charge in [0.1, 0.15) is 5.75 Å². The zero-order valence-corrected chi connectivity index (χ0v) is 13.6. The van der Waals surface area contributed by atoms with Gasteiger partial charge in [0, 0.05) is 31.1 Å².